The molecule has 2 aromatic rings. The van der Waals surface area contributed by atoms with Crippen molar-refractivity contribution in [2.75, 3.05) is 38.7 Å². The van der Waals surface area contributed by atoms with Crippen LogP contribution >= 0.6 is 0 Å². The van der Waals surface area contributed by atoms with Crippen LogP contribution < -0.4 is 20.7 Å². The first-order valence-corrected chi connectivity index (χ1v) is 9.55. The molecule has 0 radical (unpaired) electrons. The highest BCUT2D eigenvalue weighted by Crippen LogP contribution is 2.21. The molecule has 0 fully saturated rings. The molecule has 0 aliphatic rings. The van der Waals surface area contributed by atoms with E-state index in [1.807, 2.05) is 32.0 Å². The summed E-state index contributed by atoms with van der Waals surface area (Å²) in [6.07, 6.45) is 3.25. The molecule has 156 valence electrons. The molecule has 0 spiro atoms. The van der Waals surface area contributed by atoms with E-state index in [-0.39, 0.29) is 12.5 Å². The Morgan fingerprint density at radius 3 is 2.79 bits per heavy atom. The maximum atomic E-state index is 12.1. The molecular formula is C21H29N5O3. The van der Waals surface area contributed by atoms with E-state index >= 15 is 0 Å². The maximum Gasteiger partial charge on any atom is 0.243 e. The summed E-state index contributed by atoms with van der Waals surface area (Å²) in [7, 11) is 1.64. The molecule has 0 saturated heterocycles. The number of nitrogens with one attached hydrogen (secondary N) is 3. The smallest absolute Gasteiger partial charge is 0.243 e. The Morgan fingerprint density at radius 1 is 1.21 bits per heavy atom. The predicted molar refractivity (Wildman–Crippen MR) is 114 cm³/mol. The summed E-state index contributed by atoms with van der Waals surface area (Å²) in [5, 5.41) is 8.96. The quantitative estimate of drug-likeness (QED) is 0.322. The van der Waals surface area contributed by atoms with Crippen LogP contribution in [0.4, 0.5) is 5.69 Å². The maximum absolute atomic E-state index is 12.1. The van der Waals surface area contributed by atoms with E-state index in [1.165, 1.54) is 0 Å². The van der Waals surface area contributed by atoms with Crippen LogP contribution in [0, 0.1) is 6.92 Å². The van der Waals surface area contributed by atoms with E-state index in [2.05, 4.69) is 25.9 Å². The molecule has 3 N–H and O–H groups in total. The van der Waals surface area contributed by atoms with Crippen molar-refractivity contribution in [2.24, 2.45) is 4.99 Å². The third-order valence-electron chi connectivity index (χ3n) is 3.88. The van der Waals surface area contributed by atoms with Crippen molar-refractivity contribution < 1.29 is 14.3 Å². The van der Waals surface area contributed by atoms with Crippen LogP contribution in [0.5, 0.6) is 5.75 Å². The normalized spacial score (nSPS) is 11.1. The summed E-state index contributed by atoms with van der Waals surface area (Å²) >= 11 is 0. The SMILES string of the molecule is CCNC(=NCc1ccc(C)cc1OCCOC)NCC(=O)Nc1cccnc1. The summed E-state index contributed by atoms with van der Waals surface area (Å²) in [5.74, 6) is 1.16. The molecule has 0 bridgehead atoms. The summed E-state index contributed by atoms with van der Waals surface area (Å²) < 4.78 is 10.9. The molecule has 1 aromatic carbocycles. The van der Waals surface area contributed by atoms with Gasteiger partial charge >= 0.3 is 0 Å². The molecule has 1 amide bonds. The summed E-state index contributed by atoms with van der Waals surface area (Å²) in [6.45, 7) is 6.17. The second kappa shape index (κ2) is 12.4. The van der Waals surface area contributed by atoms with Gasteiger partial charge in [0.1, 0.15) is 12.4 Å². The Labute approximate surface area is 171 Å². The standard InChI is InChI=1S/C21H29N5O3/c1-4-23-21(25-15-20(27)26-18-6-5-9-22-14-18)24-13-17-8-7-16(2)12-19(17)29-11-10-28-3/h5-9,12,14H,4,10-11,13,15H2,1-3H3,(H,26,27)(H2,23,24,25). The van der Waals surface area contributed by atoms with E-state index in [4.69, 9.17) is 9.47 Å². The van der Waals surface area contributed by atoms with Gasteiger partial charge in [-0.25, -0.2) is 4.99 Å². The number of aromatic nitrogens is 1. The van der Waals surface area contributed by atoms with E-state index in [0.717, 1.165) is 16.9 Å². The van der Waals surface area contributed by atoms with E-state index < -0.39 is 0 Å². The van der Waals surface area contributed by atoms with Gasteiger partial charge in [0, 0.05) is 25.4 Å². The number of rotatable bonds is 10. The average Bonchev–Trinajstić information content (AvgIpc) is 2.72. The first-order chi connectivity index (χ1) is 14.1. The molecule has 0 aliphatic carbocycles. The molecule has 8 nitrogen and oxygen atoms in total. The number of carbonyl (C=O) groups excluding carboxylic acids is 1. The zero-order valence-corrected chi connectivity index (χ0v) is 17.2. The first-order valence-electron chi connectivity index (χ1n) is 9.55. The molecule has 0 unspecified atom stereocenters. The minimum absolute atomic E-state index is 0.0891. The number of hydrogen-bond donors (Lipinski definition) is 3. The van der Waals surface area contributed by atoms with Crippen molar-refractivity contribution in [3.8, 4) is 5.75 Å². The van der Waals surface area contributed by atoms with Gasteiger partial charge in [0.2, 0.25) is 5.91 Å². The molecule has 1 heterocycles. The van der Waals surface area contributed by atoms with Gasteiger partial charge in [-0.15, -0.1) is 0 Å². The fraction of sp³-hybridized carbons (Fsp3) is 0.381. The minimum Gasteiger partial charge on any atom is -0.491 e. The number of aliphatic imine (C=N–C) groups is 1. The topological polar surface area (TPSA) is 96.9 Å². The monoisotopic (exact) mass is 399 g/mol. The molecule has 0 aliphatic heterocycles. The van der Waals surface area contributed by atoms with Crippen molar-refractivity contribution in [3.63, 3.8) is 0 Å². The van der Waals surface area contributed by atoms with Crippen molar-refractivity contribution >= 4 is 17.6 Å². The van der Waals surface area contributed by atoms with E-state index in [1.54, 1.807) is 31.6 Å². The van der Waals surface area contributed by atoms with Gasteiger partial charge in [0.25, 0.3) is 0 Å². The van der Waals surface area contributed by atoms with Crippen LogP contribution in [-0.4, -0.2) is 50.3 Å². The third-order valence-corrected chi connectivity index (χ3v) is 3.88. The number of pyridine rings is 1. The number of ether oxygens (including phenoxy) is 2. The molecule has 8 heteroatoms. The van der Waals surface area contributed by atoms with E-state index in [9.17, 15) is 4.79 Å². The minimum atomic E-state index is -0.178. The molecule has 1 aromatic heterocycles. The lowest BCUT2D eigenvalue weighted by atomic mass is 10.1. The van der Waals surface area contributed by atoms with Gasteiger partial charge < -0.3 is 25.4 Å². The van der Waals surface area contributed by atoms with Gasteiger partial charge in [-0.2, -0.15) is 0 Å². The fourth-order valence-electron chi connectivity index (χ4n) is 2.47. The van der Waals surface area contributed by atoms with Crippen molar-refractivity contribution in [1.29, 1.82) is 0 Å². The van der Waals surface area contributed by atoms with Crippen LogP contribution in [-0.2, 0) is 16.1 Å². The lowest BCUT2D eigenvalue weighted by Crippen LogP contribution is -2.41. The number of methoxy groups -OCH3 is 1. The van der Waals surface area contributed by atoms with Gasteiger partial charge in [-0.05, 0) is 37.6 Å². The molecule has 2 rings (SSSR count). The summed E-state index contributed by atoms with van der Waals surface area (Å²) in [4.78, 5) is 20.7. The van der Waals surface area contributed by atoms with Gasteiger partial charge in [-0.3, -0.25) is 9.78 Å². The van der Waals surface area contributed by atoms with E-state index in [0.29, 0.717) is 38.0 Å². The van der Waals surface area contributed by atoms with Gasteiger partial charge in [0.15, 0.2) is 5.96 Å². The fourth-order valence-corrected chi connectivity index (χ4v) is 2.47. The Bertz CT molecular complexity index is 796. The number of amides is 1. The molecule has 29 heavy (non-hydrogen) atoms. The zero-order chi connectivity index (χ0) is 20.9. The average molecular weight is 399 g/mol. The zero-order valence-electron chi connectivity index (χ0n) is 17.2. The Balaban J connectivity index is 1.96. The molecule has 0 atom stereocenters. The number of anilines is 1. The van der Waals surface area contributed by atoms with Crippen LogP contribution in [0.25, 0.3) is 0 Å². The second-order valence-corrected chi connectivity index (χ2v) is 6.29. The number of hydrogen-bond acceptors (Lipinski definition) is 5. The molecule has 0 saturated carbocycles. The number of carbonyl (C=O) groups is 1. The number of nitrogens with zero attached hydrogens (tertiary/aromatic N) is 2. The number of aryl methyl sites for hydroxylation is 1. The third kappa shape index (κ3) is 8.18. The van der Waals surface area contributed by atoms with Gasteiger partial charge in [0.05, 0.1) is 31.6 Å². The number of guanidine groups is 1. The number of benzene rings is 1. The Hall–Kier alpha value is -3.13. The van der Waals surface area contributed by atoms with Crippen molar-refractivity contribution in [1.82, 2.24) is 15.6 Å². The Kier molecular flexibility index (Phi) is 9.44. The van der Waals surface area contributed by atoms with Crippen LogP contribution in [0.2, 0.25) is 0 Å². The highest BCUT2D eigenvalue weighted by atomic mass is 16.5. The van der Waals surface area contributed by atoms with Crippen molar-refractivity contribution in [2.45, 2.75) is 20.4 Å². The van der Waals surface area contributed by atoms with Gasteiger partial charge in [-0.1, -0.05) is 12.1 Å². The summed E-state index contributed by atoms with van der Waals surface area (Å²) in [5.41, 5.74) is 2.73. The Morgan fingerprint density at radius 2 is 2.07 bits per heavy atom. The lowest BCUT2D eigenvalue weighted by molar-refractivity contribution is -0.115. The second-order valence-electron chi connectivity index (χ2n) is 6.29. The summed E-state index contributed by atoms with van der Waals surface area (Å²) in [6, 6.07) is 9.56. The first kappa shape index (κ1) is 22.2. The van der Waals surface area contributed by atoms with Crippen molar-refractivity contribution in [3.05, 3.63) is 53.9 Å². The molecular weight excluding hydrogens is 370 g/mol. The van der Waals surface area contributed by atoms with Crippen LogP contribution in [0.15, 0.2) is 47.7 Å². The lowest BCUT2D eigenvalue weighted by Gasteiger charge is -2.13. The van der Waals surface area contributed by atoms with Crippen LogP contribution in [0.3, 0.4) is 0 Å². The largest absolute Gasteiger partial charge is 0.491 e. The highest BCUT2D eigenvalue weighted by Gasteiger charge is 2.07. The highest BCUT2D eigenvalue weighted by molar-refractivity contribution is 5.94. The predicted octanol–water partition coefficient (Wildman–Crippen LogP) is 2.11. The van der Waals surface area contributed by atoms with Crippen LogP contribution in [0.1, 0.15) is 18.1 Å².